The number of hydrogen-bond donors (Lipinski definition) is 1. The van der Waals surface area contributed by atoms with Gasteiger partial charge in [0.2, 0.25) is 5.91 Å². The lowest BCUT2D eigenvalue weighted by molar-refractivity contribution is -0.116. The number of nitrogens with one attached hydrogen (secondary N) is 1. The summed E-state index contributed by atoms with van der Waals surface area (Å²) in [5, 5.41) is 11.4. The Bertz CT molecular complexity index is 662. The van der Waals surface area contributed by atoms with Crippen LogP contribution < -0.4 is 5.32 Å². The number of nitrogens with zero attached hydrogens (tertiary/aromatic N) is 1. The molecule has 0 aliphatic heterocycles. The molecule has 1 N–H and O–H groups in total. The van der Waals surface area contributed by atoms with Crippen molar-refractivity contribution in [1.29, 1.82) is 5.26 Å². The SMILES string of the molecule is N#Cc1cc(NC(=O)CCCc2ccccc2)ccc1F. The molecule has 106 valence electrons. The van der Waals surface area contributed by atoms with Crippen molar-refractivity contribution in [2.75, 3.05) is 5.32 Å². The summed E-state index contributed by atoms with van der Waals surface area (Å²) in [5.74, 6) is -0.721. The van der Waals surface area contributed by atoms with Crippen LogP contribution in [0.5, 0.6) is 0 Å². The molecule has 2 aromatic carbocycles. The molecule has 0 saturated heterocycles. The molecule has 0 fully saturated rings. The predicted molar refractivity (Wildman–Crippen MR) is 79.1 cm³/mol. The second kappa shape index (κ2) is 7.20. The van der Waals surface area contributed by atoms with Gasteiger partial charge in [0, 0.05) is 12.1 Å². The van der Waals surface area contributed by atoms with E-state index in [2.05, 4.69) is 5.32 Å². The lowest BCUT2D eigenvalue weighted by Crippen LogP contribution is -2.11. The van der Waals surface area contributed by atoms with Gasteiger partial charge in [-0.15, -0.1) is 0 Å². The number of benzene rings is 2. The Morgan fingerprint density at radius 1 is 1.19 bits per heavy atom. The summed E-state index contributed by atoms with van der Waals surface area (Å²) in [4.78, 5) is 11.8. The molecule has 1 amide bonds. The highest BCUT2D eigenvalue weighted by atomic mass is 19.1. The highest BCUT2D eigenvalue weighted by Crippen LogP contribution is 2.14. The predicted octanol–water partition coefficient (Wildman–Crippen LogP) is 3.66. The third kappa shape index (κ3) is 4.43. The molecule has 3 nitrogen and oxygen atoms in total. The van der Waals surface area contributed by atoms with Gasteiger partial charge in [0.1, 0.15) is 11.9 Å². The average Bonchev–Trinajstić information content (AvgIpc) is 2.50. The highest BCUT2D eigenvalue weighted by Gasteiger charge is 2.06. The number of carbonyl (C=O) groups excluding carboxylic acids is 1. The first kappa shape index (κ1) is 14.7. The molecule has 21 heavy (non-hydrogen) atoms. The number of aryl methyl sites for hydroxylation is 1. The van der Waals surface area contributed by atoms with Crippen molar-refractivity contribution < 1.29 is 9.18 Å². The van der Waals surface area contributed by atoms with E-state index < -0.39 is 5.82 Å². The zero-order chi connectivity index (χ0) is 15.1. The first-order chi connectivity index (χ1) is 10.2. The molecule has 0 bridgehead atoms. The van der Waals surface area contributed by atoms with Gasteiger partial charge in [0.05, 0.1) is 5.56 Å². The number of anilines is 1. The average molecular weight is 282 g/mol. The third-order valence-corrected chi connectivity index (χ3v) is 3.08. The summed E-state index contributed by atoms with van der Waals surface area (Å²) in [7, 11) is 0. The van der Waals surface area contributed by atoms with Crippen molar-refractivity contribution in [3.05, 3.63) is 65.5 Å². The Balaban J connectivity index is 1.83. The molecule has 0 radical (unpaired) electrons. The standard InChI is InChI=1S/C17H15FN2O/c18-16-10-9-15(11-14(16)12-19)20-17(21)8-4-7-13-5-2-1-3-6-13/h1-3,5-6,9-11H,4,7-8H2,(H,20,21). The molecule has 0 aliphatic rings. The molecule has 0 aliphatic carbocycles. The molecule has 0 unspecified atom stereocenters. The van der Waals surface area contributed by atoms with Gasteiger partial charge in [-0.1, -0.05) is 30.3 Å². The summed E-state index contributed by atoms with van der Waals surface area (Å²) < 4.78 is 13.2. The lowest BCUT2D eigenvalue weighted by Gasteiger charge is -2.06. The zero-order valence-electron chi connectivity index (χ0n) is 11.5. The highest BCUT2D eigenvalue weighted by molar-refractivity contribution is 5.90. The van der Waals surface area contributed by atoms with Crippen molar-refractivity contribution in [2.24, 2.45) is 0 Å². The smallest absolute Gasteiger partial charge is 0.224 e. The van der Waals surface area contributed by atoms with E-state index >= 15 is 0 Å². The van der Waals surface area contributed by atoms with Crippen molar-refractivity contribution in [3.63, 3.8) is 0 Å². The number of hydrogen-bond acceptors (Lipinski definition) is 2. The maximum atomic E-state index is 13.2. The molecule has 0 saturated carbocycles. The van der Waals surface area contributed by atoms with Crippen molar-refractivity contribution in [1.82, 2.24) is 0 Å². The van der Waals surface area contributed by atoms with Crippen LogP contribution in [-0.4, -0.2) is 5.91 Å². The van der Waals surface area contributed by atoms with Gasteiger partial charge >= 0.3 is 0 Å². The minimum Gasteiger partial charge on any atom is -0.326 e. The normalized spacial score (nSPS) is 9.90. The zero-order valence-corrected chi connectivity index (χ0v) is 11.5. The van der Waals surface area contributed by atoms with E-state index in [-0.39, 0.29) is 11.5 Å². The van der Waals surface area contributed by atoms with Crippen LogP contribution in [0.25, 0.3) is 0 Å². The van der Waals surface area contributed by atoms with E-state index in [0.29, 0.717) is 12.1 Å². The number of amides is 1. The first-order valence-corrected chi connectivity index (χ1v) is 6.72. The fourth-order valence-electron chi connectivity index (χ4n) is 2.01. The van der Waals surface area contributed by atoms with E-state index in [0.717, 1.165) is 12.8 Å². The second-order valence-electron chi connectivity index (χ2n) is 4.69. The number of carbonyl (C=O) groups is 1. The monoisotopic (exact) mass is 282 g/mol. The van der Waals surface area contributed by atoms with Crippen molar-refractivity contribution in [2.45, 2.75) is 19.3 Å². The molecule has 0 atom stereocenters. The van der Waals surface area contributed by atoms with Gasteiger partial charge in [0.15, 0.2) is 0 Å². The first-order valence-electron chi connectivity index (χ1n) is 6.72. The van der Waals surface area contributed by atoms with E-state index in [1.807, 2.05) is 30.3 Å². The van der Waals surface area contributed by atoms with Crippen LogP contribution >= 0.6 is 0 Å². The topological polar surface area (TPSA) is 52.9 Å². The van der Waals surface area contributed by atoms with Crippen LogP contribution in [0.4, 0.5) is 10.1 Å². The molecule has 0 spiro atoms. The van der Waals surface area contributed by atoms with Crippen molar-refractivity contribution >= 4 is 11.6 Å². The number of rotatable bonds is 5. The minimum atomic E-state index is -0.584. The molecule has 2 aromatic rings. The summed E-state index contributed by atoms with van der Waals surface area (Å²) in [6.07, 6.45) is 1.96. The quantitative estimate of drug-likeness (QED) is 0.909. The van der Waals surface area contributed by atoms with E-state index in [1.54, 1.807) is 6.07 Å². The van der Waals surface area contributed by atoms with Gasteiger partial charge in [-0.05, 0) is 36.6 Å². The summed E-state index contributed by atoms with van der Waals surface area (Å²) in [5.41, 5.74) is 1.56. The summed E-state index contributed by atoms with van der Waals surface area (Å²) in [6.45, 7) is 0. The Hall–Kier alpha value is -2.67. The molecule has 0 aromatic heterocycles. The van der Waals surface area contributed by atoms with Gasteiger partial charge in [-0.3, -0.25) is 4.79 Å². The maximum absolute atomic E-state index is 13.2. The van der Waals surface area contributed by atoms with Crippen LogP contribution in [0, 0.1) is 17.1 Å². The van der Waals surface area contributed by atoms with E-state index in [9.17, 15) is 9.18 Å². The Labute approximate surface area is 123 Å². The summed E-state index contributed by atoms with van der Waals surface area (Å²) >= 11 is 0. The van der Waals surface area contributed by atoms with Crippen molar-refractivity contribution in [3.8, 4) is 6.07 Å². The minimum absolute atomic E-state index is 0.0721. The van der Waals surface area contributed by atoms with E-state index in [1.165, 1.54) is 23.8 Å². The second-order valence-corrected chi connectivity index (χ2v) is 4.69. The maximum Gasteiger partial charge on any atom is 0.224 e. The molecule has 4 heteroatoms. The molecule has 0 heterocycles. The van der Waals surface area contributed by atoms with Crippen LogP contribution in [-0.2, 0) is 11.2 Å². The van der Waals surface area contributed by atoms with Gasteiger partial charge in [-0.25, -0.2) is 4.39 Å². The van der Waals surface area contributed by atoms with Gasteiger partial charge < -0.3 is 5.32 Å². The fraction of sp³-hybridized carbons (Fsp3) is 0.176. The molecular formula is C17H15FN2O. The number of nitriles is 1. The van der Waals surface area contributed by atoms with E-state index in [4.69, 9.17) is 5.26 Å². The summed E-state index contributed by atoms with van der Waals surface area (Å²) in [6, 6.07) is 15.7. The van der Waals surface area contributed by atoms with Crippen LogP contribution in [0.15, 0.2) is 48.5 Å². The Morgan fingerprint density at radius 3 is 2.67 bits per heavy atom. The number of halogens is 1. The Morgan fingerprint density at radius 2 is 1.95 bits per heavy atom. The largest absolute Gasteiger partial charge is 0.326 e. The Kier molecular flexibility index (Phi) is 5.05. The van der Waals surface area contributed by atoms with Crippen LogP contribution in [0.1, 0.15) is 24.0 Å². The lowest BCUT2D eigenvalue weighted by atomic mass is 10.1. The van der Waals surface area contributed by atoms with Crippen LogP contribution in [0.3, 0.4) is 0 Å². The van der Waals surface area contributed by atoms with Gasteiger partial charge in [-0.2, -0.15) is 5.26 Å². The third-order valence-electron chi connectivity index (χ3n) is 3.08. The fourth-order valence-corrected chi connectivity index (χ4v) is 2.01. The van der Waals surface area contributed by atoms with Crippen LogP contribution in [0.2, 0.25) is 0 Å². The molecular weight excluding hydrogens is 267 g/mol. The molecule has 2 rings (SSSR count). The van der Waals surface area contributed by atoms with Gasteiger partial charge in [0.25, 0.3) is 0 Å².